The monoisotopic (exact) mass is 457 g/mol. The number of anilines is 2. The molecule has 1 atom stereocenters. The second kappa shape index (κ2) is 10.2. The molecule has 3 amide bonds. The lowest BCUT2D eigenvalue weighted by Gasteiger charge is -2.19. The van der Waals surface area contributed by atoms with E-state index in [0.717, 1.165) is 16.8 Å². The van der Waals surface area contributed by atoms with Gasteiger partial charge in [0.1, 0.15) is 5.75 Å². The summed E-state index contributed by atoms with van der Waals surface area (Å²) >= 11 is 0. The van der Waals surface area contributed by atoms with Gasteiger partial charge in [-0.1, -0.05) is 48.5 Å². The minimum absolute atomic E-state index is 0.0858. The number of carbonyl (C=O) groups excluding carboxylic acids is 3. The fourth-order valence-corrected chi connectivity index (χ4v) is 4.13. The summed E-state index contributed by atoms with van der Waals surface area (Å²) in [5.41, 5.74) is 3.41. The highest BCUT2D eigenvalue weighted by Gasteiger charge is 2.36. The van der Waals surface area contributed by atoms with E-state index in [-0.39, 0.29) is 30.7 Å². The summed E-state index contributed by atoms with van der Waals surface area (Å²) in [5.74, 6) is -0.497. The van der Waals surface area contributed by atoms with Crippen molar-refractivity contribution in [3.63, 3.8) is 0 Å². The standard InChI is InChI=1S/C27H27N3O4/c1-18-9-3-7-13-23(18)30-17-20(15-25(30)31)26(32)29-22-12-6-5-11-21(22)27(33)28-16-19-10-4-8-14-24(19)34-2/h3-14,20H,15-17H2,1-2H3,(H,28,33)(H,29,32)/t20-/m1/s1. The molecular weight excluding hydrogens is 430 g/mol. The fourth-order valence-electron chi connectivity index (χ4n) is 4.13. The summed E-state index contributed by atoms with van der Waals surface area (Å²) in [5, 5.41) is 5.74. The van der Waals surface area contributed by atoms with Gasteiger partial charge in [-0.2, -0.15) is 0 Å². The average Bonchev–Trinajstić information content (AvgIpc) is 3.24. The number of para-hydroxylation sites is 3. The molecule has 0 aliphatic carbocycles. The van der Waals surface area contributed by atoms with Crippen molar-refractivity contribution in [3.05, 3.63) is 89.5 Å². The maximum absolute atomic E-state index is 13.0. The second-order valence-corrected chi connectivity index (χ2v) is 8.22. The van der Waals surface area contributed by atoms with Crippen LogP contribution in [0.4, 0.5) is 11.4 Å². The number of nitrogens with one attached hydrogen (secondary N) is 2. The first-order valence-corrected chi connectivity index (χ1v) is 11.1. The molecule has 2 N–H and O–H groups in total. The van der Waals surface area contributed by atoms with E-state index in [1.807, 2.05) is 55.5 Å². The van der Waals surface area contributed by atoms with E-state index in [2.05, 4.69) is 10.6 Å². The molecule has 3 aromatic rings. The Kier molecular flexibility index (Phi) is 6.92. The summed E-state index contributed by atoms with van der Waals surface area (Å²) in [4.78, 5) is 40.2. The number of benzene rings is 3. The third-order valence-corrected chi connectivity index (χ3v) is 5.96. The third-order valence-electron chi connectivity index (χ3n) is 5.96. The van der Waals surface area contributed by atoms with Gasteiger partial charge in [0, 0.05) is 30.8 Å². The molecule has 0 saturated carbocycles. The lowest BCUT2D eigenvalue weighted by atomic mass is 10.1. The molecule has 4 rings (SSSR count). The van der Waals surface area contributed by atoms with Crippen molar-refractivity contribution >= 4 is 29.1 Å². The first kappa shape index (κ1) is 23.0. The van der Waals surface area contributed by atoms with Crippen LogP contribution in [-0.2, 0) is 16.1 Å². The van der Waals surface area contributed by atoms with Crippen molar-refractivity contribution in [3.8, 4) is 5.75 Å². The second-order valence-electron chi connectivity index (χ2n) is 8.22. The summed E-state index contributed by atoms with van der Waals surface area (Å²) in [7, 11) is 1.58. The number of hydrogen-bond acceptors (Lipinski definition) is 4. The van der Waals surface area contributed by atoms with Gasteiger partial charge >= 0.3 is 0 Å². The number of nitrogens with zero attached hydrogens (tertiary/aromatic N) is 1. The summed E-state index contributed by atoms with van der Waals surface area (Å²) < 4.78 is 5.33. The largest absolute Gasteiger partial charge is 0.496 e. The van der Waals surface area contributed by atoms with Crippen LogP contribution in [0.5, 0.6) is 5.75 Å². The fraction of sp³-hybridized carbons (Fsp3) is 0.222. The number of aryl methyl sites for hydroxylation is 1. The molecule has 34 heavy (non-hydrogen) atoms. The molecule has 1 aliphatic heterocycles. The van der Waals surface area contributed by atoms with E-state index >= 15 is 0 Å². The van der Waals surface area contributed by atoms with Crippen molar-refractivity contribution < 1.29 is 19.1 Å². The lowest BCUT2D eigenvalue weighted by Crippen LogP contribution is -2.29. The highest BCUT2D eigenvalue weighted by Crippen LogP contribution is 2.29. The number of methoxy groups -OCH3 is 1. The summed E-state index contributed by atoms with van der Waals surface area (Å²) in [6.45, 7) is 2.53. The number of hydrogen-bond donors (Lipinski definition) is 2. The number of carbonyl (C=O) groups is 3. The lowest BCUT2D eigenvalue weighted by molar-refractivity contribution is -0.122. The Morgan fingerprint density at radius 3 is 2.50 bits per heavy atom. The average molecular weight is 458 g/mol. The van der Waals surface area contributed by atoms with Gasteiger partial charge in [-0.15, -0.1) is 0 Å². The van der Waals surface area contributed by atoms with Gasteiger partial charge in [-0.05, 0) is 36.8 Å². The molecule has 0 unspecified atom stereocenters. The molecule has 0 radical (unpaired) electrons. The van der Waals surface area contributed by atoms with Crippen LogP contribution < -0.4 is 20.3 Å². The molecule has 7 nitrogen and oxygen atoms in total. The maximum atomic E-state index is 13.0. The molecule has 1 heterocycles. The van der Waals surface area contributed by atoms with Crippen LogP contribution in [0.1, 0.15) is 27.9 Å². The predicted molar refractivity (Wildman–Crippen MR) is 131 cm³/mol. The molecule has 3 aromatic carbocycles. The molecule has 174 valence electrons. The number of rotatable bonds is 7. The van der Waals surface area contributed by atoms with Crippen molar-refractivity contribution in [2.24, 2.45) is 5.92 Å². The summed E-state index contributed by atoms with van der Waals surface area (Å²) in [6, 6.07) is 21.9. The van der Waals surface area contributed by atoms with Crippen LogP contribution in [0, 0.1) is 12.8 Å². The van der Waals surface area contributed by atoms with Crippen molar-refractivity contribution in [2.45, 2.75) is 19.9 Å². The van der Waals surface area contributed by atoms with Gasteiger partial charge in [-0.25, -0.2) is 0 Å². The minimum Gasteiger partial charge on any atom is -0.496 e. The Labute approximate surface area is 198 Å². The third kappa shape index (κ3) is 4.93. The first-order valence-electron chi connectivity index (χ1n) is 11.1. The normalized spacial score (nSPS) is 15.2. The van der Waals surface area contributed by atoms with Crippen LogP contribution in [0.3, 0.4) is 0 Å². The van der Waals surface area contributed by atoms with Crippen LogP contribution in [0.15, 0.2) is 72.8 Å². The van der Waals surface area contributed by atoms with Gasteiger partial charge < -0.3 is 20.3 Å². The Morgan fingerprint density at radius 1 is 1.00 bits per heavy atom. The van der Waals surface area contributed by atoms with Crippen molar-refractivity contribution in [1.29, 1.82) is 0 Å². The van der Waals surface area contributed by atoms with E-state index in [9.17, 15) is 14.4 Å². The van der Waals surface area contributed by atoms with Crippen molar-refractivity contribution in [1.82, 2.24) is 5.32 Å². The molecule has 7 heteroatoms. The highest BCUT2D eigenvalue weighted by atomic mass is 16.5. The maximum Gasteiger partial charge on any atom is 0.253 e. The van der Waals surface area contributed by atoms with E-state index in [4.69, 9.17) is 4.74 Å². The van der Waals surface area contributed by atoms with E-state index in [1.165, 1.54) is 0 Å². The predicted octanol–water partition coefficient (Wildman–Crippen LogP) is 3.93. The Balaban J connectivity index is 1.44. The van der Waals surface area contributed by atoms with Gasteiger partial charge in [0.15, 0.2) is 0 Å². The molecule has 1 fully saturated rings. The molecule has 0 aromatic heterocycles. The highest BCUT2D eigenvalue weighted by molar-refractivity contribution is 6.07. The van der Waals surface area contributed by atoms with Gasteiger partial charge in [0.25, 0.3) is 5.91 Å². The zero-order valence-electron chi connectivity index (χ0n) is 19.2. The zero-order valence-corrected chi connectivity index (χ0v) is 19.2. The molecule has 0 spiro atoms. The van der Waals surface area contributed by atoms with E-state index in [0.29, 0.717) is 23.5 Å². The molecular formula is C27H27N3O4. The molecule has 1 aliphatic rings. The van der Waals surface area contributed by atoms with Crippen LogP contribution in [-0.4, -0.2) is 31.4 Å². The van der Waals surface area contributed by atoms with Crippen molar-refractivity contribution in [2.75, 3.05) is 23.9 Å². The van der Waals surface area contributed by atoms with Crippen LogP contribution in [0.25, 0.3) is 0 Å². The van der Waals surface area contributed by atoms with E-state index < -0.39 is 5.92 Å². The summed E-state index contributed by atoms with van der Waals surface area (Å²) in [6.07, 6.45) is 0.127. The van der Waals surface area contributed by atoms with Gasteiger partial charge in [-0.3, -0.25) is 14.4 Å². The number of ether oxygens (including phenoxy) is 1. The Bertz CT molecular complexity index is 1220. The van der Waals surface area contributed by atoms with Crippen LogP contribution in [0.2, 0.25) is 0 Å². The van der Waals surface area contributed by atoms with Crippen LogP contribution >= 0.6 is 0 Å². The Hall–Kier alpha value is -4.13. The molecule has 1 saturated heterocycles. The SMILES string of the molecule is COc1ccccc1CNC(=O)c1ccccc1NC(=O)[C@@H]1CC(=O)N(c2ccccc2C)C1. The zero-order chi connectivity index (χ0) is 24.1. The first-order chi connectivity index (χ1) is 16.5. The number of amides is 3. The smallest absolute Gasteiger partial charge is 0.253 e. The van der Waals surface area contributed by atoms with E-state index in [1.54, 1.807) is 36.3 Å². The minimum atomic E-state index is -0.503. The quantitative estimate of drug-likeness (QED) is 0.563. The van der Waals surface area contributed by atoms with Gasteiger partial charge in [0.2, 0.25) is 11.8 Å². The molecule has 0 bridgehead atoms. The topological polar surface area (TPSA) is 87.7 Å². The van der Waals surface area contributed by atoms with Gasteiger partial charge in [0.05, 0.1) is 24.3 Å². The Morgan fingerprint density at radius 2 is 1.71 bits per heavy atom.